The lowest BCUT2D eigenvalue weighted by Gasteiger charge is -2.38. The first-order valence-corrected chi connectivity index (χ1v) is 8.54. The van der Waals surface area contributed by atoms with Crippen LogP contribution in [0.2, 0.25) is 0 Å². The maximum atomic E-state index is 11.7. The van der Waals surface area contributed by atoms with Gasteiger partial charge in [0, 0.05) is 22.6 Å². The van der Waals surface area contributed by atoms with Crippen LogP contribution in [-0.2, 0) is 4.74 Å². The molecule has 5 heteroatoms. The smallest absolute Gasteiger partial charge is 0.407 e. The zero-order valence-corrected chi connectivity index (χ0v) is 15.2. The second-order valence-corrected chi connectivity index (χ2v) is 7.78. The Morgan fingerprint density at radius 2 is 1.91 bits per heavy atom. The number of ether oxygens (including phenoxy) is 1. The molecule has 0 radical (unpaired) electrons. The molecule has 1 saturated carbocycles. The van der Waals surface area contributed by atoms with Crippen LogP contribution in [0.5, 0.6) is 0 Å². The molecular weight excluding hydrogens is 344 g/mol. The monoisotopic (exact) mass is 368 g/mol. The lowest BCUT2D eigenvalue weighted by Crippen LogP contribution is -2.53. The second kappa shape index (κ2) is 7.01. The summed E-state index contributed by atoms with van der Waals surface area (Å²) in [6.45, 7) is 7.78. The quantitative estimate of drug-likeness (QED) is 0.838. The van der Waals surface area contributed by atoms with Crippen molar-refractivity contribution in [3.8, 4) is 0 Å². The van der Waals surface area contributed by atoms with Gasteiger partial charge in [0.2, 0.25) is 0 Å². The summed E-state index contributed by atoms with van der Waals surface area (Å²) in [6, 6.07) is 9.16. The topological polar surface area (TPSA) is 50.4 Å². The lowest BCUT2D eigenvalue weighted by molar-refractivity contribution is 0.0463. The van der Waals surface area contributed by atoms with Crippen LogP contribution in [0.3, 0.4) is 0 Å². The zero-order chi connectivity index (χ0) is 16.3. The minimum absolute atomic E-state index is 0.207. The molecule has 0 unspecified atom stereocenters. The van der Waals surface area contributed by atoms with E-state index in [4.69, 9.17) is 4.74 Å². The molecule has 0 heterocycles. The molecule has 1 aliphatic carbocycles. The maximum Gasteiger partial charge on any atom is 0.407 e. The molecule has 0 aliphatic heterocycles. The molecule has 1 fully saturated rings. The Morgan fingerprint density at radius 3 is 2.50 bits per heavy atom. The van der Waals surface area contributed by atoms with E-state index in [1.807, 2.05) is 32.9 Å². The predicted octanol–water partition coefficient (Wildman–Crippen LogP) is 4.16. The van der Waals surface area contributed by atoms with Crippen LogP contribution in [0.25, 0.3) is 0 Å². The van der Waals surface area contributed by atoms with E-state index >= 15 is 0 Å². The van der Waals surface area contributed by atoms with Gasteiger partial charge >= 0.3 is 6.09 Å². The van der Waals surface area contributed by atoms with Crippen molar-refractivity contribution in [2.24, 2.45) is 0 Å². The second-order valence-electron chi connectivity index (χ2n) is 6.92. The molecule has 2 N–H and O–H groups in total. The minimum Gasteiger partial charge on any atom is -0.444 e. The highest BCUT2D eigenvalue weighted by molar-refractivity contribution is 9.10. The molecule has 0 aromatic heterocycles. The Labute approximate surface area is 141 Å². The number of amides is 1. The van der Waals surface area contributed by atoms with Crippen molar-refractivity contribution >= 4 is 22.0 Å². The van der Waals surface area contributed by atoms with E-state index in [-0.39, 0.29) is 18.2 Å². The molecule has 1 aromatic rings. The van der Waals surface area contributed by atoms with Gasteiger partial charge in [0.25, 0.3) is 0 Å². The van der Waals surface area contributed by atoms with Gasteiger partial charge in [0.15, 0.2) is 0 Å². The molecule has 1 atom stereocenters. The van der Waals surface area contributed by atoms with Gasteiger partial charge in [-0.15, -0.1) is 0 Å². The number of halogens is 1. The summed E-state index contributed by atoms with van der Waals surface area (Å²) in [5.74, 6) is 0. The van der Waals surface area contributed by atoms with E-state index in [1.165, 1.54) is 5.56 Å². The molecule has 22 heavy (non-hydrogen) atoms. The summed E-state index contributed by atoms with van der Waals surface area (Å²) in [7, 11) is 0. The van der Waals surface area contributed by atoms with Gasteiger partial charge in [-0.1, -0.05) is 34.1 Å². The summed E-state index contributed by atoms with van der Waals surface area (Å²) < 4.78 is 6.39. The molecule has 1 aliphatic rings. The van der Waals surface area contributed by atoms with Crippen molar-refractivity contribution in [1.82, 2.24) is 10.6 Å². The van der Waals surface area contributed by atoms with Crippen LogP contribution in [0, 0.1) is 0 Å². The van der Waals surface area contributed by atoms with Crippen molar-refractivity contribution in [2.75, 3.05) is 0 Å². The van der Waals surface area contributed by atoms with Gasteiger partial charge in [-0.2, -0.15) is 0 Å². The maximum absolute atomic E-state index is 11.7. The average Bonchev–Trinajstić information content (AvgIpc) is 2.34. The normalized spacial score (nSPS) is 22.6. The molecule has 122 valence electrons. The average molecular weight is 369 g/mol. The van der Waals surface area contributed by atoms with Gasteiger partial charge in [-0.25, -0.2) is 4.79 Å². The van der Waals surface area contributed by atoms with Crippen LogP contribution in [0.1, 0.15) is 52.1 Å². The van der Waals surface area contributed by atoms with Gasteiger partial charge in [0.1, 0.15) is 5.60 Å². The number of hydrogen-bond donors (Lipinski definition) is 2. The molecule has 1 aromatic carbocycles. The van der Waals surface area contributed by atoms with Crippen molar-refractivity contribution in [3.05, 3.63) is 34.3 Å². The van der Waals surface area contributed by atoms with E-state index < -0.39 is 5.60 Å². The Bertz CT molecular complexity index is 522. The summed E-state index contributed by atoms with van der Waals surface area (Å²) in [4.78, 5) is 11.7. The minimum atomic E-state index is -0.445. The Balaban J connectivity index is 1.73. The third kappa shape index (κ3) is 4.99. The SMILES string of the molecule is C[C@H](NC1CC(NC(=O)OC(C)(C)C)C1)c1ccccc1Br. The van der Waals surface area contributed by atoms with Gasteiger partial charge in [-0.3, -0.25) is 0 Å². The molecule has 0 spiro atoms. The number of benzene rings is 1. The summed E-state index contributed by atoms with van der Waals surface area (Å²) in [6.07, 6.45) is 1.55. The van der Waals surface area contributed by atoms with E-state index in [1.54, 1.807) is 0 Å². The number of carbonyl (C=O) groups excluding carboxylic acids is 1. The number of nitrogens with one attached hydrogen (secondary N) is 2. The Hall–Kier alpha value is -1.07. The Morgan fingerprint density at radius 1 is 1.27 bits per heavy atom. The third-order valence-corrected chi connectivity index (χ3v) is 4.44. The van der Waals surface area contributed by atoms with E-state index in [0.29, 0.717) is 6.04 Å². The van der Waals surface area contributed by atoms with Crippen LogP contribution >= 0.6 is 15.9 Å². The van der Waals surface area contributed by atoms with E-state index in [9.17, 15) is 4.79 Å². The Kier molecular flexibility index (Phi) is 5.50. The molecule has 4 nitrogen and oxygen atoms in total. The van der Waals surface area contributed by atoms with Gasteiger partial charge in [0.05, 0.1) is 0 Å². The number of rotatable bonds is 4. The fourth-order valence-corrected chi connectivity index (χ4v) is 3.24. The first-order chi connectivity index (χ1) is 10.2. The zero-order valence-electron chi connectivity index (χ0n) is 13.7. The predicted molar refractivity (Wildman–Crippen MR) is 91.9 cm³/mol. The first kappa shape index (κ1) is 17.3. The highest BCUT2D eigenvalue weighted by atomic mass is 79.9. The first-order valence-electron chi connectivity index (χ1n) is 7.74. The summed E-state index contributed by atoms with van der Waals surface area (Å²) in [5.41, 5.74) is 0.811. The summed E-state index contributed by atoms with van der Waals surface area (Å²) >= 11 is 3.59. The van der Waals surface area contributed by atoms with Gasteiger partial charge in [-0.05, 0) is 52.2 Å². The van der Waals surface area contributed by atoms with Gasteiger partial charge < -0.3 is 15.4 Å². The number of carbonyl (C=O) groups is 1. The number of hydrogen-bond acceptors (Lipinski definition) is 3. The fraction of sp³-hybridized carbons (Fsp3) is 0.588. The largest absolute Gasteiger partial charge is 0.444 e. The highest BCUT2D eigenvalue weighted by Crippen LogP contribution is 2.27. The molecule has 1 amide bonds. The molecule has 2 rings (SSSR count). The van der Waals surface area contributed by atoms with Crippen molar-refractivity contribution < 1.29 is 9.53 Å². The molecule has 0 saturated heterocycles. The van der Waals surface area contributed by atoms with Crippen LogP contribution in [0.15, 0.2) is 28.7 Å². The van der Waals surface area contributed by atoms with Crippen LogP contribution in [0.4, 0.5) is 4.79 Å². The standard InChI is InChI=1S/C17H25BrN2O2/c1-11(14-7-5-6-8-15(14)18)19-12-9-13(10-12)20-16(21)22-17(2,3)4/h5-8,11-13,19H,9-10H2,1-4H3,(H,20,21)/t11-,12?,13?/m0/s1. The highest BCUT2D eigenvalue weighted by Gasteiger charge is 2.32. The number of alkyl carbamates (subject to hydrolysis) is 1. The third-order valence-electron chi connectivity index (χ3n) is 3.72. The van der Waals surface area contributed by atoms with Crippen molar-refractivity contribution in [1.29, 1.82) is 0 Å². The fourth-order valence-electron chi connectivity index (χ4n) is 2.62. The van der Waals surface area contributed by atoms with Crippen LogP contribution in [-0.4, -0.2) is 23.8 Å². The van der Waals surface area contributed by atoms with Crippen molar-refractivity contribution in [3.63, 3.8) is 0 Å². The van der Waals surface area contributed by atoms with E-state index in [0.717, 1.165) is 17.3 Å². The molecule has 0 bridgehead atoms. The van der Waals surface area contributed by atoms with Crippen LogP contribution < -0.4 is 10.6 Å². The van der Waals surface area contributed by atoms with Crippen molar-refractivity contribution in [2.45, 2.75) is 64.3 Å². The summed E-state index contributed by atoms with van der Waals surface area (Å²) in [5, 5.41) is 6.52. The molecular formula is C17H25BrN2O2. The van der Waals surface area contributed by atoms with E-state index in [2.05, 4.69) is 45.6 Å². The lowest BCUT2D eigenvalue weighted by atomic mass is 9.86.